The molecule has 3 heteroatoms. The van der Waals surface area contributed by atoms with Crippen LogP contribution in [-0.4, -0.2) is 17.5 Å². The molecule has 20 heavy (non-hydrogen) atoms. The van der Waals surface area contributed by atoms with Gasteiger partial charge in [-0.2, -0.15) is 0 Å². The fourth-order valence-electron chi connectivity index (χ4n) is 2.82. The van der Waals surface area contributed by atoms with Gasteiger partial charge in [0.2, 0.25) is 0 Å². The number of fused-ring (bicyclic) bond motifs is 1. The zero-order valence-corrected chi connectivity index (χ0v) is 11.9. The topological polar surface area (TPSA) is 20.2 Å². The molecule has 0 aromatic heterocycles. The van der Waals surface area contributed by atoms with Gasteiger partial charge < -0.3 is 5.11 Å². The highest BCUT2D eigenvalue weighted by atomic mass is 32.2. The molecule has 1 heterocycles. The van der Waals surface area contributed by atoms with Gasteiger partial charge in [0.15, 0.2) is 0 Å². The van der Waals surface area contributed by atoms with Gasteiger partial charge in [-0.15, -0.1) is 11.8 Å². The SMILES string of the molecule is OCC(CC1CSc2ccccc21)c1ccc(F)cc1. The lowest BCUT2D eigenvalue weighted by Crippen LogP contribution is -2.10. The highest BCUT2D eigenvalue weighted by molar-refractivity contribution is 7.99. The molecule has 1 nitrogen and oxygen atoms in total. The van der Waals surface area contributed by atoms with E-state index >= 15 is 0 Å². The van der Waals surface area contributed by atoms with Crippen molar-refractivity contribution in [3.05, 3.63) is 65.5 Å². The van der Waals surface area contributed by atoms with Gasteiger partial charge in [-0.25, -0.2) is 4.39 Å². The van der Waals surface area contributed by atoms with E-state index in [9.17, 15) is 9.50 Å². The first-order valence-electron chi connectivity index (χ1n) is 6.86. The fourth-order valence-corrected chi connectivity index (χ4v) is 4.09. The Bertz CT molecular complexity index is 582. The van der Waals surface area contributed by atoms with Gasteiger partial charge in [0.05, 0.1) is 0 Å². The van der Waals surface area contributed by atoms with Crippen molar-refractivity contribution in [2.24, 2.45) is 0 Å². The second-order valence-corrected chi connectivity index (χ2v) is 6.27. The number of halogens is 1. The van der Waals surface area contributed by atoms with E-state index in [0.717, 1.165) is 17.7 Å². The van der Waals surface area contributed by atoms with Gasteiger partial charge in [-0.05, 0) is 41.7 Å². The molecule has 0 spiro atoms. The third-order valence-electron chi connectivity index (χ3n) is 3.93. The predicted molar refractivity (Wildman–Crippen MR) is 80.8 cm³/mol. The van der Waals surface area contributed by atoms with Crippen LogP contribution in [0.25, 0.3) is 0 Å². The van der Waals surface area contributed by atoms with Gasteiger partial charge in [0.1, 0.15) is 5.82 Å². The molecule has 104 valence electrons. The first-order valence-corrected chi connectivity index (χ1v) is 7.84. The predicted octanol–water partition coefficient (Wildman–Crippen LogP) is 4.18. The third-order valence-corrected chi connectivity index (χ3v) is 5.18. The number of aliphatic hydroxyl groups excluding tert-OH is 1. The lowest BCUT2D eigenvalue weighted by Gasteiger charge is -2.19. The second-order valence-electron chi connectivity index (χ2n) is 5.21. The summed E-state index contributed by atoms with van der Waals surface area (Å²) in [5, 5.41) is 9.66. The van der Waals surface area contributed by atoms with Crippen LogP contribution in [0.5, 0.6) is 0 Å². The Morgan fingerprint density at radius 1 is 1.15 bits per heavy atom. The van der Waals surface area contributed by atoms with Crippen molar-refractivity contribution in [1.29, 1.82) is 0 Å². The Balaban J connectivity index is 1.78. The van der Waals surface area contributed by atoms with Crippen LogP contribution in [0.4, 0.5) is 4.39 Å². The first-order chi connectivity index (χ1) is 9.78. The van der Waals surface area contributed by atoms with E-state index < -0.39 is 0 Å². The molecule has 1 aliphatic rings. The molecule has 0 saturated heterocycles. The molecular weight excluding hydrogens is 271 g/mol. The summed E-state index contributed by atoms with van der Waals surface area (Å²) in [7, 11) is 0. The molecule has 2 aromatic rings. The molecular formula is C17H17FOS. The largest absolute Gasteiger partial charge is 0.396 e. The molecule has 1 N–H and O–H groups in total. The van der Waals surface area contributed by atoms with Crippen LogP contribution in [0.3, 0.4) is 0 Å². The number of aliphatic hydroxyl groups is 1. The van der Waals surface area contributed by atoms with E-state index in [1.165, 1.54) is 22.6 Å². The summed E-state index contributed by atoms with van der Waals surface area (Å²) in [6.45, 7) is 0.106. The molecule has 0 radical (unpaired) electrons. The van der Waals surface area contributed by atoms with E-state index in [0.29, 0.717) is 5.92 Å². The van der Waals surface area contributed by atoms with Crippen molar-refractivity contribution < 1.29 is 9.50 Å². The zero-order valence-electron chi connectivity index (χ0n) is 11.1. The third kappa shape index (κ3) is 2.74. The fraction of sp³-hybridized carbons (Fsp3) is 0.294. The highest BCUT2D eigenvalue weighted by Gasteiger charge is 2.26. The van der Waals surface area contributed by atoms with Gasteiger partial charge >= 0.3 is 0 Å². The van der Waals surface area contributed by atoms with E-state index in [-0.39, 0.29) is 18.3 Å². The molecule has 2 atom stereocenters. The normalized spacial score (nSPS) is 18.8. The smallest absolute Gasteiger partial charge is 0.123 e. The van der Waals surface area contributed by atoms with Crippen LogP contribution < -0.4 is 0 Å². The number of benzene rings is 2. The summed E-state index contributed by atoms with van der Waals surface area (Å²) in [5.41, 5.74) is 2.40. The first kappa shape index (κ1) is 13.7. The summed E-state index contributed by atoms with van der Waals surface area (Å²) in [4.78, 5) is 1.35. The molecule has 0 bridgehead atoms. The van der Waals surface area contributed by atoms with Crippen molar-refractivity contribution in [2.75, 3.05) is 12.4 Å². The average Bonchev–Trinajstić information content (AvgIpc) is 2.89. The van der Waals surface area contributed by atoms with E-state index in [2.05, 4.69) is 24.3 Å². The summed E-state index contributed by atoms with van der Waals surface area (Å²) in [6.07, 6.45) is 0.909. The minimum atomic E-state index is -0.229. The minimum Gasteiger partial charge on any atom is -0.396 e. The van der Waals surface area contributed by atoms with Crippen molar-refractivity contribution in [2.45, 2.75) is 23.2 Å². The summed E-state index contributed by atoms with van der Waals surface area (Å²) >= 11 is 1.88. The van der Waals surface area contributed by atoms with Gasteiger partial charge in [0, 0.05) is 23.2 Å². The van der Waals surface area contributed by atoms with E-state index in [1.807, 2.05) is 11.8 Å². The maximum atomic E-state index is 13.0. The molecule has 2 aromatic carbocycles. The van der Waals surface area contributed by atoms with Gasteiger partial charge in [-0.1, -0.05) is 30.3 Å². The Hall–Kier alpha value is -1.32. The van der Waals surface area contributed by atoms with Crippen molar-refractivity contribution >= 4 is 11.8 Å². The standard InChI is InChI=1S/C17H17FOS/c18-15-7-5-12(6-8-15)13(10-19)9-14-11-20-17-4-2-1-3-16(14)17/h1-8,13-14,19H,9-11H2. The molecule has 0 saturated carbocycles. The van der Waals surface area contributed by atoms with Gasteiger partial charge in [0.25, 0.3) is 0 Å². The zero-order chi connectivity index (χ0) is 13.9. The minimum absolute atomic E-state index is 0.0763. The van der Waals surface area contributed by atoms with E-state index in [4.69, 9.17) is 0 Å². The van der Waals surface area contributed by atoms with Gasteiger partial charge in [-0.3, -0.25) is 0 Å². The van der Waals surface area contributed by atoms with Crippen molar-refractivity contribution in [1.82, 2.24) is 0 Å². The van der Waals surface area contributed by atoms with Crippen LogP contribution in [0.15, 0.2) is 53.4 Å². The Labute approximate surface area is 122 Å². The summed E-state index contributed by atoms with van der Waals surface area (Å²) < 4.78 is 13.0. The summed E-state index contributed by atoms with van der Waals surface area (Å²) in [6, 6.07) is 15.0. The second kappa shape index (κ2) is 5.98. The molecule has 0 aliphatic carbocycles. The number of rotatable bonds is 4. The molecule has 1 aliphatic heterocycles. The maximum absolute atomic E-state index is 13.0. The lowest BCUT2D eigenvalue weighted by atomic mass is 9.86. The Morgan fingerprint density at radius 2 is 1.90 bits per heavy atom. The van der Waals surface area contributed by atoms with Crippen LogP contribution in [0.1, 0.15) is 29.4 Å². The maximum Gasteiger partial charge on any atom is 0.123 e. The van der Waals surface area contributed by atoms with E-state index in [1.54, 1.807) is 12.1 Å². The molecule has 2 unspecified atom stereocenters. The average molecular weight is 288 g/mol. The number of hydrogen-bond donors (Lipinski definition) is 1. The summed E-state index contributed by atoms with van der Waals surface area (Å²) in [5.74, 6) is 1.38. The molecule has 0 fully saturated rings. The quantitative estimate of drug-likeness (QED) is 0.910. The molecule has 3 rings (SSSR count). The highest BCUT2D eigenvalue weighted by Crippen LogP contribution is 2.43. The van der Waals surface area contributed by atoms with Crippen LogP contribution in [0, 0.1) is 5.82 Å². The monoisotopic (exact) mass is 288 g/mol. The van der Waals surface area contributed by atoms with Crippen LogP contribution in [-0.2, 0) is 0 Å². The Kier molecular flexibility index (Phi) is 4.08. The number of hydrogen-bond acceptors (Lipinski definition) is 2. The Morgan fingerprint density at radius 3 is 2.65 bits per heavy atom. The van der Waals surface area contributed by atoms with Crippen molar-refractivity contribution in [3.8, 4) is 0 Å². The lowest BCUT2D eigenvalue weighted by molar-refractivity contribution is 0.255. The number of thioether (sulfide) groups is 1. The van der Waals surface area contributed by atoms with Crippen LogP contribution in [0.2, 0.25) is 0 Å². The molecule has 0 amide bonds. The van der Waals surface area contributed by atoms with Crippen LogP contribution >= 0.6 is 11.8 Å². The van der Waals surface area contributed by atoms with Crippen molar-refractivity contribution in [3.63, 3.8) is 0 Å².